The highest BCUT2D eigenvalue weighted by molar-refractivity contribution is 6.11. The maximum Gasteiger partial charge on any atom is 0.272 e. The standard InChI is InChI=1S/C21H18N2O2/c1-15(24)22-20(14-16-8-3-2-4-9-16)21(25)23-19-13-7-11-17-10-5-6-12-18(17)19/h2-14H,1H3,(H,22,24)(H,23,25)/b20-14-. The van der Waals surface area contributed by atoms with Crippen LogP contribution in [0.2, 0.25) is 0 Å². The molecule has 0 spiro atoms. The van der Waals surface area contributed by atoms with Crippen molar-refractivity contribution in [3.8, 4) is 0 Å². The third kappa shape index (κ3) is 4.12. The van der Waals surface area contributed by atoms with Gasteiger partial charge in [0.1, 0.15) is 5.70 Å². The summed E-state index contributed by atoms with van der Waals surface area (Å²) in [5.74, 6) is -0.661. The summed E-state index contributed by atoms with van der Waals surface area (Å²) >= 11 is 0. The van der Waals surface area contributed by atoms with Gasteiger partial charge in [0.2, 0.25) is 5.91 Å². The first kappa shape index (κ1) is 16.5. The summed E-state index contributed by atoms with van der Waals surface area (Å²) in [6.07, 6.45) is 1.65. The molecule has 0 heterocycles. The zero-order chi connectivity index (χ0) is 17.6. The van der Waals surface area contributed by atoms with E-state index in [2.05, 4.69) is 10.6 Å². The molecule has 0 radical (unpaired) electrons. The van der Waals surface area contributed by atoms with Crippen molar-refractivity contribution in [1.82, 2.24) is 5.32 Å². The molecule has 0 saturated heterocycles. The summed E-state index contributed by atoms with van der Waals surface area (Å²) in [5.41, 5.74) is 1.73. The van der Waals surface area contributed by atoms with Crippen LogP contribution in [0, 0.1) is 0 Å². The molecule has 0 aliphatic carbocycles. The molecule has 0 unspecified atom stereocenters. The van der Waals surface area contributed by atoms with Crippen molar-refractivity contribution >= 4 is 34.4 Å². The number of amides is 2. The number of hydrogen-bond donors (Lipinski definition) is 2. The van der Waals surface area contributed by atoms with Gasteiger partial charge in [0, 0.05) is 18.0 Å². The highest BCUT2D eigenvalue weighted by Gasteiger charge is 2.13. The lowest BCUT2D eigenvalue weighted by molar-refractivity contribution is -0.120. The summed E-state index contributed by atoms with van der Waals surface area (Å²) in [5, 5.41) is 7.48. The van der Waals surface area contributed by atoms with E-state index in [0.717, 1.165) is 16.3 Å². The third-order valence-electron chi connectivity index (χ3n) is 3.70. The van der Waals surface area contributed by atoms with Gasteiger partial charge in [-0.2, -0.15) is 0 Å². The fraction of sp³-hybridized carbons (Fsp3) is 0.0476. The quantitative estimate of drug-likeness (QED) is 0.712. The van der Waals surface area contributed by atoms with E-state index in [9.17, 15) is 9.59 Å². The van der Waals surface area contributed by atoms with Crippen LogP contribution in [0.15, 0.2) is 78.5 Å². The van der Waals surface area contributed by atoms with Gasteiger partial charge in [0.15, 0.2) is 0 Å². The Morgan fingerprint density at radius 2 is 1.52 bits per heavy atom. The van der Waals surface area contributed by atoms with Gasteiger partial charge in [0.25, 0.3) is 5.91 Å². The van der Waals surface area contributed by atoms with Gasteiger partial charge in [-0.3, -0.25) is 9.59 Å². The lowest BCUT2D eigenvalue weighted by Gasteiger charge is -2.12. The molecule has 0 fully saturated rings. The Hall–Kier alpha value is -3.40. The smallest absolute Gasteiger partial charge is 0.272 e. The Morgan fingerprint density at radius 1 is 0.840 bits per heavy atom. The summed E-state index contributed by atoms with van der Waals surface area (Å²) in [6, 6.07) is 22.9. The van der Waals surface area contributed by atoms with Crippen LogP contribution in [0.1, 0.15) is 12.5 Å². The Bertz CT molecular complexity index is 941. The zero-order valence-corrected chi connectivity index (χ0v) is 13.8. The summed E-state index contributed by atoms with van der Waals surface area (Å²) in [4.78, 5) is 24.2. The molecule has 0 bridgehead atoms. The predicted octanol–water partition coefficient (Wildman–Crippen LogP) is 3.96. The minimum absolute atomic E-state index is 0.201. The van der Waals surface area contributed by atoms with Crippen molar-refractivity contribution < 1.29 is 9.59 Å². The molecule has 2 N–H and O–H groups in total. The fourth-order valence-corrected chi connectivity index (χ4v) is 2.59. The molecule has 0 aliphatic heterocycles. The largest absolute Gasteiger partial charge is 0.322 e. The number of fused-ring (bicyclic) bond motifs is 1. The summed E-state index contributed by atoms with van der Waals surface area (Å²) in [7, 11) is 0. The third-order valence-corrected chi connectivity index (χ3v) is 3.70. The van der Waals surface area contributed by atoms with E-state index in [1.54, 1.807) is 6.08 Å². The Balaban J connectivity index is 1.92. The number of carbonyl (C=O) groups is 2. The second kappa shape index (κ2) is 7.45. The number of anilines is 1. The highest BCUT2D eigenvalue weighted by atomic mass is 16.2. The van der Waals surface area contributed by atoms with Crippen molar-refractivity contribution in [3.63, 3.8) is 0 Å². The number of hydrogen-bond acceptors (Lipinski definition) is 2. The van der Waals surface area contributed by atoms with Gasteiger partial charge in [-0.25, -0.2) is 0 Å². The van der Waals surface area contributed by atoms with Crippen molar-refractivity contribution in [1.29, 1.82) is 0 Å². The Kier molecular flexibility index (Phi) is 4.90. The molecule has 4 heteroatoms. The van der Waals surface area contributed by atoms with E-state index in [-0.39, 0.29) is 17.5 Å². The number of carbonyl (C=O) groups excluding carboxylic acids is 2. The summed E-state index contributed by atoms with van der Waals surface area (Å²) in [6.45, 7) is 1.38. The number of nitrogens with one attached hydrogen (secondary N) is 2. The predicted molar refractivity (Wildman–Crippen MR) is 101 cm³/mol. The topological polar surface area (TPSA) is 58.2 Å². The van der Waals surface area contributed by atoms with Crippen LogP contribution in [0.25, 0.3) is 16.8 Å². The van der Waals surface area contributed by atoms with Crippen molar-refractivity contribution in [2.45, 2.75) is 6.92 Å². The Morgan fingerprint density at radius 3 is 2.28 bits per heavy atom. The van der Waals surface area contributed by atoms with Crippen molar-refractivity contribution in [2.24, 2.45) is 0 Å². The van der Waals surface area contributed by atoms with Gasteiger partial charge in [-0.05, 0) is 23.1 Å². The highest BCUT2D eigenvalue weighted by Crippen LogP contribution is 2.23. The van der Waals surface area contributed by atoms with Gasteiger partial charge in [-0.15, -0.1) is 0 Å². The molecule has 0 saturated carbocycles. The van der Waals surface area contributed by atoms with E-state index in [1.807, 2.05) is 72.8 Å². The maximum absolute atomic E-state index is 12.7. The molecule has 0 atom stereocenters. The monoisotopic (exact) mass is 330 g/mol. The van der Waals surface area contributed by atoms with Crippen LogP contribution < -0.4 is 10.6 Å². The molecule has 0 aromatic heterocycles. The molecule has 0 aliphatic rings. The van der Waals surface area contributed by atoms with E-state index in [0.29, 0.717) is 5.69 Å². The fourth-order valence-electron chi connectivity index (χ4n) is 2.59. The van der Waals surface area contributed by atoms with Crippen LogP contribution in [-0.2, 0) is 9.59 Å². The van der Waals surface area contributed by atoms with Gasteiger partial charge >= 0.3 is 0 Å². The second-order valence-electron chi connectivity index (χ2n) is 5.63. The first-order valence-electron chi connectivity index (χ1n) is 7.97. The van der Waals surface area contributed by atoms with E-state index >= 15 is 0 Å². The molecular formula is C21H18N2O2. The minimum atomic E-state index is -0.365. The second-order valence-corrected chi connectivity index (χ2v) is 5.63. The molecule has 25 heavy (non-hydrogen) atoms. The lowest BCUT2D eigenvalue weighted by Crippen LogP contribution is -2.29. The molecule has 3 aromatic rings. The SMILES string of the molecule is CC(=O)N/C(=C\c1ccccc1)C(=O)Nc1cccc2ccccc12. The number of benzene rings is 3. The first-order chi connectivity index (χ1) is 12.1. The van der Waals surface area contributed by atoms with E-state index < -0.39 is 0 Å². The van der Waals surface area contributed by atoms with Gasteiger partial charge in [0.05, 0.1) is 0 Å². The average molecular weight is 330 g/mol. The Labute approximate surface area is 146 Å². The van der Waals surface area contributed by atoms with Gasteiger partial charge < -0.3 is 10.6 Å². The lowest BCUT2D eigenvalue weighted by atomic mass is 10.1. The average Bonchev–Trinajstić information content (AvgIpc) is 2.62. The molecule has 124 valence electrons. The van der Waals surface area contributed by atoms with Crippen molar-refractivity contribution in [3.05, 3.63) is 84.1 Å². The maximum atomic E-state index is 12.7. The van der Waals surface area contributed by atoms with Crippen LogP contribution in [0.4, 0.5) is 5.69 Å². The normalized spacial score (nSPS) is 11.2. The van der Waals surface area contributed by atoms with E-state index in [1.165, 1.54) is 6.92 Å². The molecular weight excluding hydrogens is 312 g/mol. The van der Waals surface area contributed by atoms with Crippen LogP contribution in [-0.4, -0.2) is 11.8 Å². The van der Waals surface area contributed by atoms with Crippen molar-refractivity contribution in [2.75, 3.05) is 5.32 Å². The first-order valence-corrected chi connectivity index (χ1v) is 7.97. The zero-order valence-electron chi connectivity index (χ0n) is 13.8. The molecule has 2 amide bonds. The van der Waals surface area contributed by atoms with Gasteiger partial charge in [-0.1, -0.05) is 66.7 Å². The van der Waals surface area contributed by atoms with Crippen LogP contribution >= 0.6 is 0 Å². The number of rotatable bonds is 4. The molecule has 3 rings (SSSR count). The van der Waals surface area contributed by atoms with Crippen LogP contribution in [0.3, 0.4) is 0 Å². The van der Waals surface area contributed by atoms with Crippen LogP contribution in [0.5, 0.6) is 0 Å². The summed E-state index contributed by atoms with van der Waals surface area (Å²) < 4.78 is 0. The van der Waals surface area contributed by atoms with E-state index in [4.69, 9.17) is 0 Å². The molecule has 4 nitrogen and oxygen atoms in total. The minimum Gasteiger partial charge on any atom is -0.322 e. The molecule has 3 aromatic carbocycles.